The highest BCUT2D eigenvalue weighted by Gasteiger charge is 2.18. The van der Waals surface area contributed by atoms with Crippen LogP contribution in [0.3, 0.4) is 0 Å². The number of rotatable bonds is 0. The first kappa shape index (κ1) is 9.83. The SMILES string of the molecule is CC(C)(C)c1nc2cc(O)c(O)cc2[nH]1. The van der Waals surface area contributed by atoms with Crippen molar-refractivity contribution < 1.29 is 10.2 Å². The molecule has 2 rings (SSSR count). The summed E-state index contributed by atoms with van der Waals surface area (Å²) in [5.74, 6) is 0.559. The molecule has 0 unspecified atom stereocenters. The molecule has 4 nitrogen and oxygen atoms in total. The second kappa shape index (κ2) is 2.89. The van der Waals surface area contributed by atoms with Crippen LogP contribution in [0.5, 0.6) is 11.5 Å². The number of phenolic OH excluding ortho intramolecular Hbond substituents is 2. The molecule has 0 amide bonds. The topological polar surface area (TPSA) is 69.1 Å². The van der Waals surface area contributed by atoms with Crippen molar-refractivity contribution in [1.29, 1.82) is 0 Å². The molecule has 1 aromatic carbocycles. The molecule has 0 saturated heterocycles. The van der Waals surface area contributed by atoms with Crippen molar-refractivity contribution in [2.24, 2.45) is 0 Å². The minimum atomic E-state index is -0.144. The van der Waals surface area contributed by atoms with Crippen LogP contribution in [0.25, 0.3) is 11.0 Å². The average Bonchev–Trinajstić information content (AvgIpc) is 2.47. The van der Waals surface area contributed by atoms with E-state index in [1.807, 2.05) is 20.8 Å². The van der Waals surface area contributed by atoms with Crippen molar-refractivity contribution in [1.82, 2.24) is 9.97 Å². The molecule has 0 aliphatic carbocycles. The Morgan fingerprint density at radius 2 is 1.73 bits per heavy atom. The number of aromatic hydroxyl groups is 2. The summed E-state index contributed by atoms with van der Waals surface area (Å²) in [4.78, 5) is 7.48. The van der Waals surface area contributed by atoms with E-state index < -0.39 is 0 Å². The number of benzene rings is 1. The average molecular weight is 206 g/mol. The second-order valence-corrected chi connectivity index (χ2v) is 4.69. The van der Waals surface area contributed by atoms with Gasteiger partial charge in [0.25, 0.3) is 0 Å². The summed E-state index contributed by atoms with van der Waals surface area (Å²) in [5.41, 5.74) is 1.31. The predicted molar refractivity (Wildman–Crippen MR) is 58.1 cm³/mol. The first-order chi connectivity index (χ1) is 6.88. The largest absolute Gasteiger partial charge is 0.504 e. The Hall–Kier alpha value is -1.71. The van der Waals surface area contributed by atoms with Gasteiger partial charge in [0.05, 0.1) is 11.0 Å². The molecule has 0 spiro atoms. The van der Waals surface area contributed by atoms with Crippen molar-refractivity contribution in [3.63, 3.8) is 0 Å². The number of aromatic amines is 1. The first-order valence-corrected chi connectivity index (χ1v) is 4.80. The molecule has 0 radical (unpaired) electrons. The molecule has 15 heavy (non-hydrogen) atoms. The Bertz CT molecular complexity index is 470. The van der Waals surface area contributed by atoms with Crippen molar-refractivity contribution in [3.8, 4) is 11.5 Å². The van der Waals surface area contributed by atoms with Gasteiger partial charge in [-0.1, -0.05) is 20.8 Å². The molecular weight excluding hydrogens is 192 g/mol. The maximum absolute atomic E-state index is 9.33. The van der Waals surface area contributed by atoms with Gasteiger partial charge in [-0.05, 0) is 0 Å². The highest BCUT2D eigenvalue weighted by atomic mass is 16.3. The molecule has 0 aliphatic heterocycles. The maximum atomic E-state index is 9.33. The van der Waals surface area contributed by atoms with Crippen molar-refractivity contribution in [2.75, 3.05) is 0 Å². The number of fused-ring (bicyclic) bond motifs is 1. The summed E-state index contributed by atoms with van der Waals surface area (Å²) in [7, 11) is 0. The third kappa shape index (κ3) is 1.63. The van der Waals surface area contributed by atoms with E-state index in [9.17, 15) is 10.2 Å². The molecule has 1 aromatic heterocycles. The van der Waals surface area contributed by atoms with E-state index in [4.69, 9.17) is 0 Å². The van der Waals surface area contributed by atoms with Crippen LogP contribution in [0.4, 0.5) is 0 Å². The van der Waals surface area contributed by atoms with Crippen LogP contribution in [0.2, 0.25) is 0 Å². The molecule has 2 aromatic rings. The summed E-state index contributed by atoms with van der Waals surface area (Å²) < 4.78 is 0. The van der Waals surface area contributed by atoms with Crippen LogP contribution in [-0.2, 0) is 5.41 Å². The van der Waals surface area contributed by atoms with Gasteiger partial charge in [-0.3, -0.25) is 0 Å². The van der Waals surface area contributed by atoms with E-state index in [-0.39, 0.29) is 16.9 Å². The lowest BCUT2D eigenvalue weighted by Gasteiger charge is -2.13. The van der Waals surface area contributed by atoms with E-state index in [1.54, 1.807) is 0 Å². The van der Waals surface area contributed by atoms with E-state index in [2.05, 4.69) is 9.97 Å². The van der Waals surface area contributed by atoms with Gasteiger partial charge in [-0.15, -0.1) is 0 Å². The molecular formula is C11H14N2O2. The number of aromatic nitrogens is 2. The summed E-state index contributed by atoms with van der Waals surface area (Å²) in [6, 6.07) is 2.93. The number of hydrogen-bond acceptors (Lipinski definition) is 3. The molecule has 0 fully saturated rings. The lowest BCUT2D eigenvalue weighted by molar-refractivity contribution is 0.405. The number of nitrogens with one attached hydrogen (secondary N) is 1. The normalized spacial score (nSPS) is 12.2. The van der Waals surface area contributed by atoms with Gasteiger partial charge < -0.3 is 15.2 Å². The van der Waals surface area contributed by atoms with Crippen molar-refractivity contribution in [2.45, 2.75) is 26.2 Å². The van der Waals surface area contributed by atoms with Crippen molar-refractivity contribution >= 4 is 11.0 Å². The van der Waals surface area contributed by atoms with Gasteiger partial charge in [-0.2, -0.15) is 0 Å². The van der Waals surface area contributed by atoms with Crippen LogP contribution < -0.4 is 0 Å². The van der Waals surface area contributed by atoms with E-state index in [1.165, 1.54) is 12.1 Å². The monoisotopic (exact) mass is 206 g/mol. The van der Waals surface area contributed by atoms with Crippen LogP contribution in [0.1, 0.15) is 26.6 Å². The fourth-order valence-electron chi connectivity index (χ4n) is 1.39. The number of hydrogen-bond donors (Lipinski definition) is 3. The zero-order valence-corrected chi connectivity index (χ0v) is 9.00. The minimum absolute atomic E-state index is 0.0791. The lowest BCUT2D eigenvalue weighted by atomic mass is 9.96. The Balaban J connectivity index is 2.66. The van der Waals surface area contributed by atoms with Crippen LogP contribution >= 0.6 is 0 Å². The summed E-state index contributed by atoms with van der Waals surface area (Å²) in [5, 5.41) is 18.7. The van der Waals surface area contributed by atoms with Gasteiger partial charge in [0, 0.05) is 17.5 Å². The van der Waals surface area contributed by atoms with E-state index in [0.29, 0.717) is 5.52 Å². The zero-order chi connectivity index (χ0) is 11.2. The van der Waals surface area contributed by atoms with Gasteiger partial charge in [0.1, 0.15) is 5.82 Å². The van der Waals surface area contributed by atoms with Crippen molar-refractivity contribution in [3.05, 3.63) is 18.0 Å². The Labute approximate surface area is 87.6 Å². The van der Waals surface area contributed by atoms with E-state index >= 15 is 0 Å². The quantitative estimate of drug-likeness (QED) is 0.579. The number of imidazole rings is 1. The predicted octanol–water partition coefficient (Wildman–Crippen LogP) is 2.27. The lowest BCUT2D eigenvalue weighted by Crippen LogP contribution is -2.12. The van der Waals surface area contributed by atoms with Crippen LogP contribution in [0.15, 0.2) is 12.1 Å². The molecule has 1 heterocycles. The smallest absolute Gasteiger partial charge is 0.159 e. The summed E-state index contributed by atoms with van der Waals surface area (Å²) >= 11 is 0. The van der Waals surface area contributed by atoms with E-state index in [0.717, 1.165) is 11.3 Å². The highest BCUT2D eigenvalue weighted by Crippen LogP contribution is 2.30. The molecule has 0 atom stereocenters. The van der Waals surface area contributed by atoms with Crippen LogP contribution in [0, 0.1) is 0 Å². The standard InChI is InChI=1S/C11H14N2O2/c1-11(2,3)10-12-6-4-8(14)9(15)5-7(6)13-10/h4-5,14-15H,1-3H3,(H,12,13). The fraction of sp³-hybridized carbons (Fsp3) is 0.364. The molecule has 4 heteroatoms. The minimum Gasteiger partial charge on any atom is -0.504 e. The zero-order valence-electron chi connectivity index (χ0n) is 9.00. The fourth-order valence-corrected chi connectivity index (χ4v) is 1.39. The number of phenols is 2. The maximum Gasteiger partial charge on any atom is 0.159 e. The van der Waals surface area contributed by atoms with Gasteiger partial charge in [0.15, 0.2) is 11.5 Å². The third-order valence-electron chi connectivity index (χ3n) is 2.29. The Kier molecular flexibility index (Phi) is 1.89. The highest BCUT2D eigenvalue weighted by molar-refractivity contribution is 5.79. The number of nitrogens with zero attached hydrogens (tertiary/aromatic N) is 1. The molecule has 0 saturated carbocycles. The first-order valence-electron chi connectivity index (χ1n) is 4.80. The Morgan fingerprint density at radius 1 is 1.13 bits per heavy atom. The number of H-pyrrole nitrogens is 1. The summed E-state index contributed by atoms with van der Waals surface area (Å²) in [6.07, 6.45) is 0. The van der Waals surface area contributed by atoms with Gasteiger partial charge in [-0.25, -0.2) is 4.98 Å². The third-order valence-corrected chi connectivity index (χ3v) is 2.29. The molecule has 3 N–H and O–H groups in total. The van der Waals surface area contributed by atoms with Gasteiger partial charge in [0.2, 0.25) is 0 Å². The second-order valence-electron chi connectivity index (χ2n) is 4.69. The molecule has 0 aliphatic rings. The van der Waals surface area contributed by atoms with Crippen LogP contribution in [-0.4, -0.2) is 20.2 Å². The van der Waals surface area contributed by atoms with Gasteiger partial charge >= 0.3 is 0 Å². The molecule has 80 valence electrons. The molecule has 0 bridgehead atoms. The Morgan fingerprint density at radius 3 is 2.33 bits per heavy atom. The summed E-state index contributed by atoms with van der Waals surface area (Å²) in [6.45, 7) is 6.14.